The second-order valence-corrected chi connectivity index (χ2v) is 3.75. The van der Waals surface area contributed by atoms with Crippen molar-refractivity contribution in [2.75, 3.05) is 0 Å². The lowest BCUT2D eigenvalue weighted by molar-refractivity contribution is -0.234. The first kappa shape index (κ1) is 13.5. The Labute approximate surface area is 100 Å². The Bertz CT molecular complexity index is 343. The maximum Gasteiger partial charge on any atom is 0.305 e. The molecule has 17 heavy (non-hydrogen) atoms. The zero-order valence-electron chi connectivity index (χ0n) is 9.97. The summed E-state index contributed by atoms with van der Waals surface area (Å²) in [5.74, 6) is -0.899. The first-order valence-electron chi connectivity index (χ1n) is 5.38. The zero-order chi connectivity index (χ0) is 12.8. The van der Waals surface area contributed by atoms with Crippen molar-refractivity contribution >= 4 is 11.9 Å². The van der Waals surface area contributed by atoms with Crippen LogP contribution in [0.25, 0.3) is 0 Å². The molecule has 0 saturated carbocycles. The lowest BCUT2D eigenvalue weighted by atomic mass is 10.1. The van der Waals surface area contributed by atoms with Crippen molar-refractivity contribution in [3.05, 3.63) is 18.4 Å². The van der Waals surface area contributed by atoms with E-state index in [0.717, 1.165) is 0 Å². The van der Waals surface area contributed by atoms with E-state index in [2.05, 4.69) is 12.3 Å². The van der Waals surface area contributed by atoms with Gasteiger partial charge >= 0.3 is 11.9 Å². The molecule has 1 rings (SSSR count). The summed E-state index contributed by atoms with van der Waals surface area (Å²) >= 11 is 0. The molecule has 5 nitrogen and oxygen atoms in total. The van der Waals surface area contributed by atoms with E-state index in [4.69, 9.17) is 14.2 Å². The molecular formula is C12H16O5. The van der Waals surface area contributed by atoms with E-state index in [1.807, 2.05) is 0 Å². The Hall–Kier alpha value is -1.58. The van der Waals surface area contributed by atoms with E-state index in [1.165, 1.54) is 13.8 Å². The summed E-state index contributed by atoms with van der Waals surface area (Å²) in [6.45, 7) is 6.04. The molecule has 0 bridgehead atoms. The molecule has 0 N–H and O–H groups in total. The lowest BCUT2D eigenvalue weighted by Gasteiger charge is -2.33. The molecule has 94 valence electrons. The number of esters is 2. The van der Waals surface area contributed by atoms with E-state index in [0.29, 0.717) is 12.8 Å². The van der Waals surface area contributed by atoms with Crippen LogP contribution in [0.3, 0.4) is 0 Å². The summed E-state index contributed by atoms with van der Waals surface area (Å²) in [6, 6.07) is 0. The number of hydrogen-bond acceptors (Lipinski definition) is 5. The second-order valence-electron chi connectivity index (χ2n) is 3.75. The first-order chi connectivity index (χ1) is 8.02. The molecule has 0 amide bonds. The van der Waals surface area contributed by atoms with Gasteiger partial charge in [0, 0.05) is 13.8 Å². The van der Waals surface area contributed by atoms with E-state index in [1.54, 1.807) is 6.08 Å². The molecule has 0 aromatic heterocycles. The van der Waals surface area contributed by atoms with Gasteiger partial charge in [-0.1, -0.05) is 6.58 Å². The molecule has 0 spiro atoms. The fourth-order valence-electron chi connectivity index (χ4n) is 1.64. The molecule has 0 aliphatic carbocycles. The van der Waals surface area contributed by atoms with Crippen LogP contribution in [0.1, 0.15) is 26.7 Å². The summed E-state index contributed by atoms with van der Waals surface area (Å²) in [5.41, 5.74) is 2.62. The lowest BCUT2D eigenvalue weighted by Crippen LogP contribution is -2.43. The van der Waals surface area contributed by atoms with Crippen molar-refractivity contribution in [2.45, 2.75) is 45.2 Å². The standard InChI is InChI=1S/C12H16O5/c1-4-5-10-6-7-11(15-8(2)13)12(17-10)16-9(3)14/h5,10-12H,1,6-7H2,2-3H3. The average molecular weight is 240 g/mol. The van der Waals surface area contributed by atoms with Crippen molar-refractivity contribution < 1.29 is 23.8 Å². The van der Waals surface area contributed by atoms with Crippen LogP contribution in [0, 0.1) is 0 Å². The highest BCUT2D eigenvalue weighted by Crippen LogP contribution is 2.24. The van der Waals surface area contributed by atoms with Crippen LogP contribution in [0.2, 0.25) is 0 Å². The van der Waals surface area contributed by atoms with Gasteiger partial charge in [0.05, 0.1) is 6.10 Å². The predicted molar refractivity (Wildman–Crippen MR) is 58.9 cm³/mol. The Balaban J connectivity index is 2.67. The molecule has 1 heterocycles. The van der Waals surface area contributed by atoms with Crippen molar-refractivity contribution in [3.8, 4) is 0 Å². The van der Waals surface area contributed by atoms with Gasteiger partial charge in [-0.05, 0) is 18.9 Å². The van der Waals surface area contributed by atoms with Crippen molar-refractivity contribution in [1.29, 1.82) is 0 Å². The van der Waals surface area contributed by atoms with E-state index < -0.39 is 24.3 Å². The van der Waals surface area contributed by atoms with Gasteiger partial charge in [0.2, 0.25) is 6.29 Å². The molecule has 3 atom stereocenters. The third-order valence-electron chi connectivity index (χ3n) is 2.25. The number of rotatable bonds is 3. The van der Waals surface area contributed by atoms with Crippen molar-refractivity contribution in [1.82, 2.24) is 0 Å². The average Bonchev–Trinajstić information content (AvgIpc) is 2.21. The van der Waals surface area contributed by atoms with Gasteiger partial charge in [0.15, 0.2) is 6.10 Å². The van der Waals surface area contributed by atoms with Gasteiger partial charge < -0.3 is 14.2 Å². The molecule has 1 aliphatic heterocycles. The molecule has 0 aromatic rings. The molecule has 1 aliphatic rings. The van der Waals surface area contributed by atoms with E-state index in [9.17, 15) is 9.59 Å². The number of carbonyl (C=O) groups is 2. The van der Waals surface area contributed by atoms with Crippen LogP contribution in [0.4, 0.5) is 0 Å². The highest BCUT2D eigenvalue weighted by molar-refractivity contribution is 5.67. The monoisotopic (exact) mass is 240 g/mol. The summed E-state index contributed by atoms with van der Waals surface area (Å²) in [6.07, 6.45) is 1.26. The molecule has 5 heteroatoms. The quantitative estimate of drug-likeness (QED) is 0.550. The molecule has 3 unspecified atom stereocenters. The van der Waals surface area contributed by atoms with Gasteiger partial charge in [-0.25, -0.2) is 0 Å². The van der Waals surface area contributed by atoms with Crippen molar-refractivity contribution in [3.63, 3.8) is 0 Å². The predicted octanol–water partition coefficient (Wildman–Crippen LogP) is 1.33. The van der Waals surface area contributed by atoms with Crippen LogP contribution in [0.15, 0.2) is 18.4 Å². The largest absolute Gasteiger partial charge is 0.456 e. The summed E-state index contributed by atoms with van der Waals surface area (Å²) in [7, 11) is 0. The Morgan fingerprint density at radius 2 is 1.94 bits per heavy atom. The van der Waals surface area contributed by atoms with Crippen LogP contribution in [0.5, 0.6) is 0 Å². The van der Waals surface area contributed by atoms with Gasteiger partial charge in [-0.15, -0.1) is 5.73 Å². The van der Waals surface area contributed by atoms with Gasteiger partial charge in [0.1, 0.15) is 0 Å². The number of carbonyl (C=O) groups excluding carboxylic acids is 2. The number of hydrogen-bond donors (Lipinski definition) is 0. The third kappa shape index (κ3) is 4.43. The Kier molecular flexibility index (Phi) is 4.94. The molecule has 0 aromatic carbocycles. The molecule has 0 radical (unpaired) electrons. The highest BCUT2D eigenvalue weighted by atomic mass is 16.7. The summed E-state index contributed by atoms with van der Waals surface area (Å²) in [5, 5.41) is 0. The number of ether oxygens (including phenoxy) is 3. The Morgan fingerprint density at radius 1 is 1.29 bits per heavy atom. The molecular weight excluding hydrogens is 224 g/mol. The minimum Gasteiger partial charge on any atom is -0.456 e. The van der Waals surface area contributed by atoms with Crippen molar-refractivity contribution in [2.24, 2.45) is 0 Å². The zero-order valence-corrected chi connectivity index (χ0v) is 9.97. The highest BCUT2D eigenvalue weighted by Gasteiger charge is 2.34. The summed E-state index contributed by atoms with van der Waals surface area (Å²) in [4.78, 5) is 21.8. The van der Waals surface area contributed by atoms with Crippen LogP contribution < -0.4 is 0 Å². The first-order valence-corrected chi connectivity index (χ1v) is 5.38. The minimum absolute atomic E-state index is 0.219. The topological polar surface area (TPSA) is 61.8 Å². The van der Waals surface area contributed by atoms with Gasteiger partial charge in [-0.2, -0.15) is 0 Å². The smallest absolute Gasteiger partial charge is 0.305 e. The summed E-state index contributed by atoms with van der Waals surface area (Å²) < 4.78 is 15.5. The second kappa shape index (κ2) is 6.23. The van der Waals surface area contributed by atoms with Crippen LogP contribution in [-0.2, 0) is 23.8 Å². The van der Waals surface area contributed by atoms with Crippen LogP contribution in [-0.4, -0.2) is 30.4 Å². The maximum absolute atomic E-state index is 10.9. The van der Waals surface area contributed by atoms with Crippen LogP contribution >= 0.6 is 0 Å². The van der Waals surface area contributed by atoms with E-state index >= 15 is 0 Å². The molecule has 1 saturated heterocycles. The normalized spacial score (nSPS) is 27.8. The molecule has 1 fully saturated rings. The third-order valence-corrected chi connectivity index (χ3v) is 2.25. The fraction of sp³-hybridized carbons (Fsp3) is 0.583. The minimum atomic E-state index is -0.861. The SMILES string of the molecule is C=C=CC1CCC(OC(C)=O)C(OC(C)=O)O1. The Morgan fingerprint density at radius 3 is 2.47 bits per heavy atom. The van der Waals surface area contributed by atoms with E-state index in [-0.39, 0.29) is 6.10 Å². The van der Waals surface area contributed by atoms with Gasteiger partial charge in [-0.3, -0.25) is 9.59 Å². The maximum atomic E-state index is 10.9. The fourth-order valence-corrected chi connectivity index (χ4v) is 1.64. The van der Waals surface area contributed by atoms with Gasteiger partial charge in [0.25, 0.3) is 0 Å².